The standard InChI is InChI=1S/C17H17N5O3/c1-21-9-4-7-14(21)17(25)20-19-16(24)8-10-22-13-6-3-2-5-12(13)15(23)11-18-22/h2-7,9,11H,8,10H2,1H3,(H,19,24)(H,20,25). The Morgan fingerprint density at radius 2 is 1.92 bits per heavy atom. The van der Waals surface area contributed by atoms with Crippen LogP contribution in [0.25, 0.3) is 10.9 Å². The van der Waals surface area contributed by atoms with Crippen LogP contribution in [-0.4, -0.2) is 26.2 Å². The van der Waals surface area contributed by atoms with E-state index >= 15 is 0 Å². The number of rotatable bonds is 4. The second-order valence-electron chi connectivity index (χ2n) is 5.51. The Kier molecular flexibility index (Phi) is 4.60. The van der Waals surface area contributed by atoms with E-state index in [0.717, 1.165) is 0 Å². The van der Waals surface area contributed by atoms with Gasteiger partial charge in [0.1, 0.15) is 5.69 Å². The fourth-order valence-corrected chi connectivity index (χ4v) is 2.50. The number of benzene rings is 1. The number of para-hydroxylation sites is 1. The van der Waals surface area contributed by atoms with E-state index in [4.69, 9.17) is 0 Å². The van der Waals surface area contributed by atoms with Crippen LogP contribution >= 0.6 is 0 Å². The summed E-state index contributed by atoms with van der Waals surface area (Å²) in [5.74, 6) is -0.750. The van der Waals surface area contributed by atoms with Crippen molar-refractivity contribution in [1.29, 1.82) is 0 Å². The molecular weight excluding hydrogens is 322 g/mol. The molecule has 3 aromatic rings. The van der Waals surface area contributed by atoms with Gasteiger partial charge in [0, 0.05) is 25.1 Å². The number of aromatic nitrogens is 3. The topological polar surface area (TPSA) is 98.0 Å². The van der Waals surface area contributed by atoms with Crippen LogP contribution in [0.2, 0.25) is 0 Å². The number of aryl methyl sites for hydroxylation is 2. The fourth-order valence-electron chi connectivity index (χ4n) is 2.50. The van der Waals surface area contributed by atoms with Crippen LogP contribution < -0.4 is 16.3 Å². The molecule has 0 unspecified atom stereocenters. The number of fused-ring (bicyclic) bond motifs is 1. The molecule has 0 saturated heterocycles. The molecular formula is C17H17N5O3. The van der Waals surface area contributed by atoms with Crippen molar-refractivity contribution < 1.29 is 9.59 Å². The highest BCUT2D eigenvalue weighted by atomic mass is 16.2. The summed E-state index contributed by atoms with van der Waals surface area (Å²) in [6, 6.07) is 10.5. The van der Waals surface area contributed by atoms with Gasteiger partial charge in [-0.15, -0.1) is 0 Å². The second-order valence-corrected chi connectivity index (χ2v) is 5.51. The van der Waals surface area contributed by atoms with Crippen LogP contribution in [0, 0.1) is 0 Å². The largest absolute Gasteiger partial charge is 0.347 e. The van der Waals surface area contributed by atoms with E-state index in [1.165, 1.54) is 6.20 Å². The molecule has 0 spiro atoms. The molecule has 0 aliphatic rings. The molecule has 2 amide bonds. The lowest BCUT2D eigenvalue weighted by Crippen LogP contribution is -2.42. The Bertz CT molecular complexity index is 989. The normalized spacial score (nSPS) is 10.6. The second kappa shape index (κ2) is 7.00. The molecule has 0 radical (unpaired) electrons. The van der Waals surface area contributed by atoms with Gasteiger partial charge in [0.15, 0.2) is 0 Å². The highest BCUT2D eigenvalue weighted by Gasteiger charge is 2.10. The molecule has 0 bridgehead atoms. The van der Waals surface area contributed by atoms with E-state index in [0.29, 0.717) is 16.6 Å². The maximum Gasteiger partial charge on any atom is 0.286 e. The zero-order valence-electron chi connectivity index (χ0n) is 13.6. The first-order valence-electron chi connectivity index (χ1n) is 7.71. The summed E-state index contributed by atoms with van der Waals surface area (Å²) < 4.78 is 3.24. The van der Waals surface area contributed by atoms with Crippen LogP contribution in [-0.2, 0) is 18.4 Å². The molecule has 128 valence electrons. The van der Waals surface area contributed by atoms with Crippen molar-refractivity contribution in [2.75, 3.05) is 0 Å². The average molecular weight is 339 g/mol. The molecule has 2 aromatic heterocycles. The Morgan fingerprint density at radius 3 is 2.68 bits per heavy atom. The molecule has 3 rings (SSSR count). The van der Waals surface area contributed by atoms with E-state index in [1.807, 2.05) is 0 Å². The summed E-state index contributed by atoms with van der Waals surface area (Å²) in [4.78, 5) is 35.6. The Balaban J connectivity index is 1.60. The third-order valence-electron chi connectivity index (χ3n) is 3.80. The number of amides is 2. The molecule has 1 aromatic carbocycles. The monoisotopic (exact) mass is 339 g/mol. The lowest BCUT2D eigenvalue weighted by atomic mass is 10.2. The zero-order chi connectivity index (χ0) is 17.8. The maximum absolute atomic E-state index is 11.9. The van der Waals surface area contributed by atoms with Gasteiger partial charge in [-0.25, -0.2) is 0 Å². The first-order chi connectivity index (χ1) is 12.1. The lowest BCUT2D eigenvalue weighted by Gasteiger charge is -2.10. The Morgan fingerprint density at radius 1 is 1.12 bits per heavy atom. The van der Waals surface area contributed by atoms with Crippen LogP contribution in [0.1, 0.15) is 16.9 Å². The summed E-state index contributed by atoms with van der Waals surface area (Å²) in [6.07, 6.45) is 3.08. The number of carbonyl (C=O) groups is 2. The van der Waals surface area contributed by atoms with E-state index in [1.54, 1.807) is 58.9 Å². The quantitative estimate of drug-likeness (QED) is 0.680. The third kappa shape index (κ3) is 3.57. The van der Waals surface area contributed by atoms with Crippen molar-refractivity contribution in [3.05, 3.63) is 64.7 Å². The number of carbonyl (C=O) groups excluding carboxylic acids is 2. The minimum Gasteiger partial charge on any atom is -0.347 e. The minimum atomic E-state index is -0.396. The van der Waals surface area contributed by atoms with Crippen molar-refractivity contribution in [1.82, 2.24) is 25.2 Å². The lowest BCUT2D eigenvalue weighted by molar-refractivity contribution is -0.122. The van der Waals surface area contributed by atoms with Gasteiger partial charge >= 0.3 is 0 Å². The summed E-state index contributed by atoms with van der Waals surface area (Å²) in [5, 5.41) is 4.61. The number of hydrogen-bond donors (Lipinski definition) is 2. The minimum absolute atomic E-state index is 0.104. The number of nitrogens with one attached hydrogen (secondary N) is 2. The van der Waals surface area contributed by atoms with Gasteiger partial charge in [-0.2, -0.15) is 5.10 Å². The predicted molar refractivity (Wildman–Crippen MR) is 91.6 cm³/mol. The van der Waals surface area contributed by atoms with Gasteiger partial charge in [-0.05, 0) is 24.3 Å². The molecule has 8 nitrogen and oxygen atoms in total. The molecule has 0 fully saturated rings. The van der Waals surface area contributed by atoms with Gasteiger partial charge < -0.3 is 4.57 Å². The van der Waals surface area contributed by atoms with Crippen LogP contribution in [0.5, 0.6) is 0 Å². The van der Waals surface area contributed by atoms with Gasteiger partial charge in [0.25, 0.3) is 5.91 Å². The predicted octanol–water partition coefficient (Wildman–Crippen LogP) is 0.586. The molecule has 25 heavy (non-hydrogen) atoms. The van der Waals surface area contributed by atoms with Crippen molar-refractivity contribution in [3.8, 4) is 0 Å². The van der Waals surface area contributed by atoms with Crippen molar-refractivity contribution >= 4 is 22.7 Å². The van der Waals surface area contributed by atoms with E-state index in [9.17, 15) is 14.4 Å². The van der Waals surface area contributed by atoms with Gasteiger partial charge in [0.2, 0.25) is 11.3 Å². The number of nitrogens with zero attached hydrogens (tertiary/aromatic N) is 3. The van der Waals surface area contributed by atoms with Gasteiger partial charge in [-0.1, -0.05) is 12.1 Å². The Labute approximate surface area is 143 Å². The van der Waals surface area contributed by atoms with E-state index in [-0.39, 0.29) is 24.3 Å². The van der Waals surface area contributed by atoms with Gasteiger partial charge in [-0.3, -0.25) is 29.9 Å². The first kappa shape index (κ1) is 16.4. The Hall–Kier alpha value is -3.42. The van der Waals surface area contributed by atoms with E-state index in [2.05, 4.69) is 16.0 Å². The fraction of sp³-hybridized carbons (Fsp3) is 0.176. The maximum atomic E-state index is 11.9. The van der Waals surface area contributed by atoms with Crippen LogP contribution in [0.4, 0.5) is 0 Å². The highest BCUT2D eigenvalue weighted by Crippen LogP contribution is 2.08. The SMILES string of the molecule is Cn1cccc1C(=O)NNC(=O)CCn1ncc(=O)c2ccccc21. The van der Waals surface area contributed by atoms with Crippen LogP contribution in [0.15, 0.2) is 53.6 Å². The highest BCUT2D eigenvalue weighted by molar-refractivity contribution is 5.94. The van der Waals surface area contributed by atoms with Crippen molar-refractivity contribution in [2.45, 2.75) is 13.0 Å². The first-order valence-corrected chi connectivity index (χ1v) is 7.71. The molecule has 2 heterocycles. The smallest absolute Gasteiger partial charge is 0.286 e. The summed E-state index contributed by atoms with van der Waals surface area (Å²) in [5.41, 5.74) is 5.68. The average Bonchev–Trinajstić information content (AvgIpc) is 3.05. The molecule has 2 N–H and O–H groups in total. The molecule has 0 saturated carbocycles. The van der Waals surface area contributed by atoms with Crippen molar-refractivity contribution in [3.63, 3.8) is 0 Å². The number of hydrogen-bond acceptors (Lipinski definition) is 4. The van der Waals surface area contributed by atoms with Crippen molar-refractivity contribution in [2.24, 2.45) is 7.05 Å². The molecule has 0 atom stereocenters. The number of hydrazine groups is 1. The van der Waals surface area contributed by atoms with Crippen LogP contribution in [0.3, 0.4) is 0 Å². The summed E-state index contributed by atoms with van der Waals surface area (Å²) >= 11 is 0. The summed E-state index contributed by atoms with van der Waals surface area (Å²) in [7, 11) is 1.74. The van der Waals surface area contributed by atoms with Gasteiger partial charge in [0.05, 0.1) is 18.3 Å². The molecule has 8 heteroatoms. The third-order valence-corrected chi connectivity index (χ3v) is 3.80. The summed E-state index contributed by atoms with van der Waals surface area (Å²) in [6.45, 7) is 0.284. The molecule has 0 aliphatic heterocycles. The molecule has 0 aliphatic carbocycles. The zero-order valence-corrected chi connectivity index (χ0v) is 13.6. The van der Waals surface area contributed by atoms with E-state index < -0.39 is 5.91 Å².